The van der Waals surface area contributed by atoms with Gasteiger partial charge < -0.3 is 23.8 Å². The predicted octanol–water partition coefficient (Wildman–Crippen LogP) is 3.16. The topological polar surface area (TPSA) is 94.6 Å². The third-order valence-electron chi connectivity index (χ3n) is 8.03. The second kappa shape index (κ2) is 9.15. The zero-order chi connectivity index (χ0) is 25.7. The van der Waals surface area contributed by atoms with Gasteiger partial charge in [0.1, 0.15) is 23.6 Å². The number of nitrogens with zero attached hydrogens (tertiary/aromatic N) is 2. The molecule has 6 rings (SSSR count). The number of hydrogen-bond acceptors (Lipinski definition) is 7. The molecule has 3 atom stereocenters. The van der Waals surface area contributed by atoms with Crippen LogP contribution < -0.4 is 9.47 Å². The van der Waals surface area contributed by atoms with Crippen molar-refractivity contribution in [1.29, 1.82) is 0 Å². The van der Waals surface area contributed by atoms with E-state index in [1.807, 2.05) is 12.1 Å². The van der Waals surface area contributed by atoms with Crippen molar-refractivity contribution in [2.24, 2.45) is 0 Å². The van der Waals surface area contributed by atoms with Crippen LogP contribution in [0.4, 0.5) is 0 Å². The normalized spacial score (nSPS) is 26.4. The van der Waals surface area contributed by atoms with Crippen molar-refractivity contribution in [3.8, 4) is 11.5 Å². The van der Waals surface area contributed by atoms with E-state index < -0.39 is 35.8 Å². The first-order valence-electron chi connectivity index (χ1n) is 12.8. The van der Waals surface area contributed by atoms with Gasteiger partial charge in [-0.25, -0.2) is 0 Å². The van der Waals surface area contributed by atoms with Crippen molar-refractivity contribution in [3.63, 3.8) is 0 Å². The predicted molar refractivity (Wildman–Crippen MR) is 131 cm³/mol. The molecule has 37 heavy (non-hydrogen) atoms. The highest BCUT2D eigenvalue weighted by molar-refractivity contribution is 6.23. The number of carbonyl (C=O) groups excluding carboxylic acids is 3. The fourth-order valence-electron chi connectivity index (χ4n) is 6.13. The van der Waals surface area contributed by atoms with Gasteiger partial charge in [-0.3, -0.25) is 19.3 Å². The molecule has 2 aromatic carbocycles. The van der Waals surface area contributed by atoms with Crippen LogP contribution in [0.15, 0.2) is 42.5 Å². The van der Waals surface area contributed by atoms with Gasteiger partial charge in [0.2, 0.25) is 5.91 Å². The van der Waals surface area contributed by atoms with Crippen LogP contribution in [0.3, 0.4) is 0 Å². The number of likely N-dealkylation sites (tertiary alicyclic amines) is 1. The number of methoxy groups -OCH3 is 2. The molecule has 0 N–H and O–H groups in total. The number of β-lactam (4-membered cyclic amide) rings is 1. The van der Waals surface area contributed by atoms with Gasteiger partial charge in [0, 0.05) is 31.0 Å². The molecule has 0 radical (unpaired) electrons. The Morgan fingerprint density at radius 1 is 0.946 bits per heavy atom. The van der Waals surface area contributed by atoms with E-state index >= 15 is 0 Å². The number of carbonyl (C=O) groups is 3. The Labute approximate surface area is 215 Å². The Kier molecular flexibility index (Phi) is 5.92. The summed E-state index contributed by atoms with van der Waals surface area (Å²) in [6.45, 7) is 0.539. The fraction of sp³-hybridized carbons (Fsp3) is 0.464. The largest absolute Gasteiger partial charge is 0.497 e. The number of hydrogen-bond donors (Lipinski definition) is 0. The average Bonchev–Trinajstić information content (AvgIpc) is 3.43. The van der Waals surface area contributed by atoms with Crippen molar-refractivity contribution in [1.82, 2.24) is 9.80 Å². The lowest BCUT2D eigenvalue weighted by atomic mass is 9.87. The maximum absolute atomic E-state index is 13.7. The molecule has 194 valence electrons. The molecule has 2 aromatic rings. The molecule has 3 aliphatic heterocycles. The molecule has 1 unspecified atom stereocenters. The van der Waals surface area contributed by atoms with Crippen molar-refractivity contribution in [2.75, 3.05) is 20.8 Å². The zero-order valence-corrected chi connectivity index (χ0v) is 21.0. The Balaban J connectivity index is 1.32. The standard InChI is InChI=1S/C28H30N2O7/c1-34-18-11-10-17(21(14-18)35-2)15-29-23(22-16-36-28(37-22)12-6-3-7-13-28)24(27(29)33)30-25(31)19-8-4-5-9-20(19)26(30)32/h4-5,8-11,14,22-24H,3,6-7,12-13,15-16H2,1-2H3/t22-,23?,24+/m0/s1. The second-order valence-electron chi connectivity index (χ2n) is 10.0. The van der Waals surface area contributed by atoms with E-state index in [-0.39, 0.29) is 12.5 Å². The van der Waals surface area contributed by atoms with Gasteiger partial charge in [-0.2, -0.15) is 0 Å². The van der Waals surface area contributed by atoms with Crippen LogP contribution in [0.1, 0.15) is 58.4 Å². The van der Waals surface area contributed by atoms with Crippen LogP contribution >= 0.6 is 0 Å². The van der Waals surface area contributed by atoms with E-state index in [0.717, 1.165) is 42.6 Å². The lowest BCUT2D eigenvalue weighted by molar-refractivity contribution is -0.203. The summed E-state index contributed by atoms with van der Waals surface area (Å²) in [6, 6.07) is 10.6. The molecule has 1 aliphatic carbocycles. The first-order chi connectivity index (χ1) is 18.0. The van der Waals surface area contributed by atoms with Gasteiger partial charge in [0.25, 0.3) is 11.8 Å². The molecular formula is C28H30N2O7. The molecule has 3 heterocycles. The summed E-state index contributed by atoms with van der Waals surface area (Å²) < 4.78 is 23.6. The Bertz CT molecular complexity index is 1220. The molecule has 3 fully saturated rings. The van der Waals surface area contributed by atoms with E-state index in [9.17, 15) is 14.4 Å². The first-order valence-corrected chi connectivity index (χ1v) is 12.8. The van der Waals surface area contributed by atoms with Crippen LogP contribution in [0.25, 0.3) is 0 Å². The molecule has 1 saturated carbocycles. The number of rotatable bonds is 6. The van der Waals surface area contributed by atoms with Crippen LogP contribution in [-0.2, 0) is 20.8 Å². The number of fused-ring (bicyclic) bond motifs is 1. The van der Waals surface area contributed by atoms with Gasteiger partial charge in [-0.15, -0.1) is 0 Å². The van der Waals surface area contributed by atoms with Crippen LogP contribution in [0, 0.1) is 0 Å². The van der Waals surface area contributed by atoms with Gasteiger partial charge >= 0.3 is 0 Å². The summed E-state index contributed by atoms with van der Waals surface area (Å²) in [6.07, 6.45) is 4.31. The summed E-state index contributed by atoms with van der Waals surface area (Å²) >= 11 is 0. The maximum atomic E-state index is 13.7. The smallest absolute Gasteiger partial charge is 0.262 e. The number of benzene rings is 2. The molecule has 1 spiro atoms. The molecule has 0 aromatic heterocycles. The summed E-state index contributed by atoms with van der Waals surface area (Å²) in [4.78, 5) is 43.1. The highest BCUT2D eigenvalue weighted by Gasteiger charge is 2.61. The highest BCUT2D eigenvalue weighted by atomic mass is 16.7. The SMILES string of the molecule is COc1ccc(CN2C(=O)[C@H](N3C(=O)c4ccccc4C3=O)C2[C@@H]2COC3(CCCCC3)O2)c(OC)c1. The maximum Gasteiger partial charge on any atom is 0.262 e. The minimum Gasteiger partial charge on any atom is -0.497 e. The first kappa shape index (κ1) is 23.9. The van der Waals surface area contributed by atoms with Crippen molar-refractivity contribution < 1.29 is 33.3 Å². The molecule has 3 amide bonds. The highest BCUT2D eigenvalue weighted by Crippen LogP contribution is 2.44. The Morgan fingerprint density at radius 2 is 1.65 bits per heavy atom. The lowest BCUT2D eigenvalue weighted by Gasteiger charge is -2.51. The van der Waals surface area contributed by atoms with Crippen molar-refractivity contribution >= 4 is 17.7 Å². The molecule has 9 nitrogen and oxygen atoms in total. The molecule has 0 bridgehead atoms. The third kappa shape index (κ3) is 3.79. The summed E-state index contributed by atoms with van der Waals surface area (Å²) in [5, 5.41) is 0. The van der Waals surface area contributed by atoms with Crippen LogP contribution in [0.5, 0.6) is 11.5 Å². The molecule has 2 saturated heterocycles. The minimum atomic E-state index is -0.955. The monoisotopic (exact) mass is 506 g/mol. The van der Waals surface area contributed by atoms with Crippen molar-refractivity contribution in [3.05, 3.63) is 59.2 Å². The zero-order valence-electron chi connectivity index (χ0n) is 21.0. The van der Waals surface area contributed by atoms with Gasteiger partial charge in [-0.1, -0.05) is 18.6 Å². The molecule has 9 heteroatoms. The number of imide groups is 1. The number of ether oxygens (including phenoxy) is 4. The Morgan fingerprint density at radius 3 is 2.30 bits per heavy atom. The third-order valence-corrected chi connectivity index (χ3v) is 8.03. The summed E-state index contributed by atoms with van der Waals surface area (Å²) in [7, 11) is 3.14. The summed E-state index contributed by atoms with van der Waals surface area (Å²) in [5.41, 5.74) is 1.43. The van der Waals surface area contributed by atoms with E-state index in [0.29, 0.717) is 29.2 Å². The van der Waals surface area contributed by atoms with E-state index in [1.165, 1.54) is 0 Å². The quantitative estimate of drug-likeness (QED) is 0.439. The lowest BCUT2D eigenvalue weighted by Crippen LogP contribution is -2.74. The number of amides is 3. The van der Waals surface area contributed by atoms with Gasteiger partial charge in [0.05, 0.1) is 38.0 Å². The molecule has 4 aliphatic rings. The van der Waals surface area contributed by atoms with E-state index in [2.05, 4.69) is 0 Å². The summed E-state index contributed by atoms with van der Waals surface area (Å²) in [5.74, 6) is -0.623. The molecular weight excluding hydrogens is 476 g/mol. The van der Waals surface area contributed by atoms with E-state index in [1.54, 1.807) is 49.5 Å². The second-order valence-corrected chi connectivity index (χ2v) is 10.0. The fourth-order valence-corrected chi connectivity index (χ4v) is 6.13. The van der Waals surface area contributed by atoms with Gasteiger partial charge in [0.15, 0.2) is 5.79 Å². The minimum absolute atomic E-state index is 0.239. The van der Waals surface area contributed by atoms with Crippen LogP contribution in [-0.4, -0.2) is 72.3 Å². The average molecular weight is 507 g/mol. The van der Waals surface area contributed by atoms with E-state index in [4.69, 9.17) is 18.9 Å². The Hall–Kier alpha value is -3.43. The van der Waals surface area contributed by atoms with Crippen LogP contribution in [0.2, 0.25) is 0 Å². The van der Waals surface area contributed by atoms with Crippen molar-refractivity contribution in [2.45, 2.75) is 62.6 Å². The van der Waals surface area contributed by atoms with Gasteiger partial charge in [-0.05, 0) is 37.1 Å².